The molecule has 2 N–H and O–H groups in total. The van der Waals surface area contributed by atoms with Crippen molar-refractivity contribution in [1.29, 1.82) is 0 Å². The zero-order valence-corrected chi connectivity index (χ0v) is 24.9. The van der Waals surface area contributed by atoms with E-state index < -0.39 is 23.8 Å². The van der Waals surface area contributed by atoms with Crippen LogP contribution in [0.1, 0.15) is 95.4 Å². The lowest BCUT2D eigenvalue weighted by Gasteiger charge is -2.36. The van der Waals surface area contributed by atoms with Crippen LogP contribution in [0.4, 0.5) is 4.79 Å². The van der Waals surface area contributed by atoms with Crippen molar-refractivity contribution in [1.82, 2.24) is 15.5 Å². The van der Waals surface area contributed by atoms with Gasteiger partial charge in [-0.3, -0.25) is 9.59 Å². The first-order chi connectivity index (χ1) is 19.1. The summed E-state index contributed by atoms with van der Waals surface area (Å²) in [5.74, 6) is -0.469. The molecule has 7 heteroatoms. The summed E-state index contributed by atoms with van der Waals surface area (Å²) in [5.41, 5.74) is 2.04. The maximum absolute atomic E-state index is 14.4. The molecule has 7 nitrogen and oxygen atoms in total. The normalized spacial score (nSPS) is 15.5. The molecule has 2 atom stereocenters. The Morgan fingerprint density at radius 3 is 2.23 bits per heavy atom. The molecule has 2 aromatic rings. The lowest BCUT2D eigenvalue weighted by Crippen LogP contribution is -2.54. The van der Waals surface area contributed by atoms with Crippen molar-refractivity contribution in [3.05, 3.63) is 71.3 Å². The highest BCUT2D eigenvalue weighted by Crippen LogP contribution is 2.26. The van der Waals surface area contributed by atoms with Crippen LogP contribution in [0.15, 0.2) is 54.6 Å². The molecular weight excluding hydrogens is 502 g/mol. The van der Waals surface area contributed by atoms with E-state index in [9.17, 15) is 14.4 Å². The monoisotopic (exact) mass is 549 g/mol. The fourth-order valence-corrected chi connectivity index (χ4v) is 5.14. The van der Waals surface area contributed by atoms with Gasteiger partial charge >= 0.3 is 6.09 Å². The summed E-state index contributed by atoms with van der Waals surface area (Å²) in [4.78, 5) is 42.9. The number of hydrogen-bond donors (Lipinski definition) is 2. The molecule has 2 unspecified atom stereocenters. The van der Waals surface area contributed by atoms with Gasteiger partial charge in [0.15, 0.2) is 0 Å². The van der Waals surface area contributed by atoms with Gasteiger partial charge in [-0.1, -0.05) is 92.8 Å². The molecule has 3 amide bonds. The van der Waals surface area contributed by atoms with Gasteiger partial charge in [-0.25, -0.2) is 4.79 Å². The van der Waals surface area contributed by atoms with Crippen molar-refractivity contribution < 1.29 is 19.1 Å². The SMILES string of the molecule is CCCCN(C(=O)C(Cc1ccccc1)NC(=O)OC(C)(C)C)C(C(=O)NC1CCCCC1)c1ccc(C)cc1. The number of unbranched alkanes of at least 4 members (excludes halogenated alkanes) is 1. The van der Waals surface area contributed by atoms with Gasteiger partial charge in [0.05, 0.1) is 0 Å². The maximum atomic E-state index is 14.4. The molecule has 218 valence electrons. The van der Waals surface area contributed by atoms with Crippen LogP contribution in [0.25, 0.3) is 0 Å². The van der Waals surface area contributed by atoms with Crippen molar-refractivity contribution in [2.24, 2.45) is 0 Å². The van der Waals surface area contributed by atoms with Crippen LogP contribution < -0.4 is 10.6 Å². The van der Waals surface area contributed by atoms with E-state index in [1.165, 1.54) is 6.42 Å². The molecule has 0 aliphatic heterocycles. The summed E-state index contributed by atoms with van der Waals surface area (Å²) in [7, 11) is 0. The molecule has 3 rings (SSSR count). The highest BCUT2D eigenvalue weighted by Gasteiger charge is 2.37. The largest absolute Gasteiger partial charge is 0.444 e. The van der Waals surface area contributed by atoms with E-state index in [-0.39, 0.29) is 24.3 Å². The van der Waals surface area contributed by atoms with Crippen molar-refractivity contribution >= 4 is 17.9 Å². The van der Waals surface area contributed by atoms with Gasteiger partial charge in [-0.15, -0.1) is 0 Å². The summed E-state index contributed by atoms with van der Waals surface area (Å²) in [6.45, 7) is 9.83. The van der Waals surface area contributed by atoms with Crippen LogP contribution in [0, 0.1) is 6.92 Å². The fourth-order valence-electron chi connectivity index (χ4n) is 5.14. The number of amides is 3. The number of rotatable bonds is 11. The number of alkyl carbamates (subject to hydrolysis) is 1. The molecule has 0 saturated heterocycles. The van der Waals surface area contributed by atoms with Crippen molar-refractivity contribution in [2.45, 2.75) is 110 Å². The number of aryl methyl sites for hydroxylation is 1. The molecule has 1 fully saturated rings. The molecule has 0 aromatic heterocycles. The summed E-state index contributed by atoms with van der Waals surface area (Å²) in [5, 5.41) is 6.09. The highest BCUT2D eigenvalue weighted by atomic mass is 16.6. The average Bonchev–Trinajstić information content (AvgIpc) is 2.91. The van der Waals surface area contributed by atoms with Gasteiger partial charge in [0.2, 0.25) is 11.8 Å². The maximum Gasteiger partial charge on any atom is 0.408 e. The van der Waals surface area contributed by atoms with Crippen LogP contribution in [0.2, 0.25) is 0 Å². The number of hydrogen-bond acceptors (Lipinski definition) is 4. The summed E-state index contributed by atoms with van der Waals surface area (Å²) >= 11 is 0. The first kappa shape index (κ1) is 31.2. The Bertz CT molecular complexity index is 1090. The van der Waals surface area contributed by atoms with E-state index in [1.54, 1.807) is 25.7 Å². The molecule has 1 aliphatic carbocycles. The van der Waals surface area contributed by atoms with E-state index in [0.29, 0.717) is 6.54 Å². The van der Waals surface area contributed by atoms with E-state index in [2.05, 4.69) is 17.6 Å². The van der Waals surface area contributed by atoms with E-state index >= 15 is 0 Å². The van der Waals surface area contributed by atoms with Crippen LogP contribution in [-0.2, 0) is 20.7 Å². The van der Waals surface area contributed by atoms with E-state index in [4.69, 9.17) is 4.74 Å². The molecule has 0 bridgehead atoms. The van der Waals surface area contributed by atoms with Crippen molar-refractivity contribution in [3.8, 4) is 0 Å². The Balaban J connectivity index is 1.98. The Morgan fingerprint density at radius 2 is 1.62 bits per heavy atom. The number of carbonyl (C=O) groups excluding carboxylic acids is 3. The smallest absolute Gasteiger partial charge is 0.408 e. The third-order valence-corrected chi connectivity index (χ3v) is 7.21. The third kappa shape index (κ3) is 9.68. The minimum Gasteiger partial charge on any atom is -0.444 e. The molecule has 2 aromatic carbocycles. The first-order valence-electron chi connectivity index (χ1n) is 14.8. The van der Waals surface area contributed by atoms with Crippen molar-refractivity contribution in [3.63, 3.8) is 0 Å². The Hall–Kier alpha value is -3.35. The molecule has 0 radical (unpaired) electrons. The van der Waals surface area contributed by atoms with Crippen LogP contribution in [0.5, 0.6) is 0 Å². The van der Waals surface area contributed by atoms with Gasteiger partial charge in [0.1, 0.15) is 17.7 Å². The van der Waals surface area contributed by atoms with E-state index in [0.717, 1.165) is 55.2 Å². The predicted octanol–water partition coefficient (Wildman–Crippen LogP) is 6.25. The van der Waals surface area contributed by atoms with Gasteiger partial charge in [0, 0.05) is 19.0 Å². The van der Waals surface area contributed by atoms with Crippen molar-refractivity contribution in [2.75, 3.05) is 6.54 Å². The highest BCUT2D eigenvalue weighted by molar-refractivity contribution is 5.92. The molecule has 40 heavy (non-hydrogen) atoms. The van der Waals surface area contributed by atoms with Gasteiger partial charge < -0.3 is 20.3 Å². The number of nitrogens with one attached hydrogen (secondary N) is 2. The second-order valence-corrected chi connectivity index (χ2v) is 11.9. The second-order valence-electron chi connectivity index (χ2n) is 11.9. The summed E-state index contributed by atoms with van der Waals surface area (Å²) < 4.78 is 5.52. The van der Waals surface area contributed by atoms with E-state index in [1.807, 2.05) is 61.5 Å². The Morgan fingerprint density at radius 1 is 0.975 bits per heavy atom. The average molecular weight is 550 g/mol. The second kappa shape index (κ2) is 14.9. The van der Waals surface area contributed by atoms with Gasteiger partial charge in [-0.05, 0) is 58.1 Å². The summed E-state index contributed by atoms with van der Waals surface area (Å²) in [6.07, 6.45) is 6.50. The number of carbonyl (C=O) groups is 3. The number of benzene rings is 2. The molecule has 0 heterocycles. The molecule has 0 spiro atoms. The molecule has 1 saturated carbocycles. The standard InChI is InChI=1S/C33H47N3O4/c1-6-7-22-36(29(26-20-18-24(2)19-21-26)30(37)34-27-16-12-9-13-17-27)31(38)28(23-25-14-10-8-11-15-25)35-32(39)40-33(3,4)5/h8,10-11,14-15,18-21,27-29H,6-7,9,12-13,16-17,22-23H2,1-5H3,(H,34,37)(H,35,39). The van der Waals surface area contributed by atoms with Gasteiger partial charge in [0.25, 0.3) is 0 Å². The van der Waals surface area contributed by atoms with Gasteiger partial charge in [-0.2, -0.15) is 0 Å². The fraction of sp³-hybridized carbons (Fsp3) is 0.545. The quantitative estimate of drug-likeness (QED) is 0.347. The van der Waals surface area contributed by atoms with Crippen LogP contribution >= 0.6 is 0 Å². The Labute approximate surface area is 240 Å². The number of ether oxygens (including phenoxy) is 1. The first-order valence-corrected chi connectivity index (χ1v) is 14.8. The zero-order valence-electron chi connectivity index (χ0n) is 24.9. The molecule has 1 aliphatic rings. The minimum atomic E-state index is -0.899. The zero-order chi connectivity index (χ0) is 29.1. The van der Waals surface area contributed by atoms with Crippen LogP contribution in [-0.4, -0.2) is 47.0 Å². The van der Waals surface area contributed by atoms with Crippen LogP contribution in [0.3, 0.4) is 0 Å². The predicted molar refractivity (Wildman–Crippen MR) is 159 cm³/mol. The summed E-state index contributed by atoms with van der Waals surface area (Å²) in [6, 6.07) is 15.8. The minimum absolute atomic E-state index is 0.109. The lowest BCUT2D eigenvalue weighted by molar-refractivity contribution is -0.143. The topological polar surface area (TPSA) is 87.7 Å². The lowest BCUT2D eigenvalue weighted by atomic mass is 9.94. The Kier molecular flexibility index (Phi) is 11.6. The third-order valence-electron chi connectivity index (χ3n) is 7.21. The molecular formula is C33H47N3O4. The number of nitrogens with zero attached hydrogens (tertiary/aromatic N) is 1.